The Morgan fingerprint density at radius 3 is 2.68 bits per heavy atom. The van der Waals surface area contributed by atoms with Gasteiger partial charge in [-0.1, -0.05) is 17.7 Å². The van der Waals surface area contributed by atoms with Crippen molar-refractivity contribution < 1.29 is 32.9 Å². The van der Waals surface area contributed by atoms with Gasteiger partial charge in [-0.05, 0) is 73.1 Å². The average molecular weight is 493 g/mol. The van der Waals surface area contributed by atoms with Gasteiger partial charge < -0.3 is 19.3 Å². The van der Waals surface area contributed by atoms with Gasteiger partial charge in [0, 0.05) is 11.6 Å². The van der Waals surface area contributed by atoms with Crippen molar-refractivity contribution in [3.8, 4) is 17.2 Å². The first-order valence-electron chi connectivity index (χ1n) is 11.3. The Kier molecular flexibility index (Phi) is 7.93. The molecule has 0 atom stereocenters. The molecule has 2 aromatic rings. The molecule has 0 radical (unpaired) electrons. The number of aliphatic carboxylic acids is 1. The molecule has 34 heavy (non-hydrogen) atoms. The molecule has 0 bridgehead atoms. The fraction of sp³-hybridized carbons (Fsp3) is 0.423. The van der Waals surface area contributed by atoms with Gasteiger partial charge in [0.15, 0.2) is 6.10 Å². The summed E-state index contributed by atoms with van der Waals surface area (Å²) in [4.78, 5) is 10.9. The highest BCUT2D eigenvalue weighted by molar-refractivity contribution is 6.32. The predicted octanol–water partition coefficient (Wildman–Crippen LogP) is 6.27. The van der Waals surface area contributed by atoms with Crippen LogP contribution in [0.4, 0.5) is 8.78 Å². The van der Waals surface area contributed by atoms with Crippen LogP contribution >= 0.6 is 11.6 Å². The van der Waals surface area contributed by atoms with Gasteiger partial charge in [-0.2, -0.15) is 0 Å². The molecular weight excluding hydrogens is 466 g/mol. The second-order valence-corrected chi connectivity index (χ2v) is 9.21. The van der Waals surface area contributed by atoms with Crippen LogP contribution in [-0.4, -0.2) is 37.1 Å². The molecule has 2 aliphatic rings. The third-order valence-corrected chi connectivity index (χ3v) is 6.55. The maximum absolute atomic E-state index is 12.7. The SMILES string of the molecule is O=C(O)C1CC(CCC2=Cc3ccc(OCc4ccc(OC(CF)CF)c(Cl)c4)cc3OC2)C1. The normalized spacial score (nSPS) is 19.0. The molecule has 1 saturated carbocycles. The summed E-state index contributed by atoms with van der Waals surface area (Å²) in [5, 5.41) is 9.26. The van der Waals surface area contributed by atoms with Crippen molar-refractivity contribution in [1.82, 2.24) is 0 Å². The summed E-state index contributed by atoms with van der Waals surface area (Å²) in [7, 11) is 0. The third-order valence-electron chi connectivity index (χ3n) is 6.26. The molecule has 0 saturated heterocycles. The minimum absolute atomic E-state index is 0.168. The third kappa shape index (κ3) is 6.00. The van der Waals surface area contributed by atoms with E-state index in [0.717, 1.165) is 42.6 Å². The summed E-state index contributed by atoms with van der Waals surface area (Å²) in [6, 6.07) is 10.6. The van der Waals surface area contributed by atoms with Gasteiger partial charge in [-0.3, -0.25) is 4.79 Å². The molecule has 0 unspecified atom stereocenters. The van der Waals surface area contributed by atoms with Crippen LogP contribution in [0.5, 0.6) is 17.2 Å². The summed E-state index contributed by atoms with van der Waals surface area (Å²) >= 11 is 6.18. The van der Waals surface area contributed by atoms with E-state index in [4.69, 9.17) is 30.9 Å². The molecule has 0 spiro atoms. The van der Waals surface area contributed by atoms with Crippen LogP contribution in [0.25, 0.3) is 6.08 Å². The average Bonchev–Trinajstić information content (AvgIpc) is 2.80. The van der Waals surface area contributed by atoms with Crippen LogP contribution in [-0.2, 0) is 11.4 Å². The van der Waals surface area contributed by atoms with Crippen molar-refractivity contribution in [3.63, 3.8) is 0 Å². The zero-order valence-electron chi connectivity index (χ0n) is 18.6. The molecule has 2 aromatic carbocycles. The predicted molar refractivity (Wildman–Crippen MR) is 125 cm³/mol. The van der Waals surface area contributed by atoms with Gasteiger partial charge in [-0.15, -0.1) is 0 Å². The minimum atomic E-state index is -1.16. The number of alkyl halides is 2. The molecule has 0 aromatic heterocycles. The monoisotopic (exact) mass is 492 g/mol. The summed E-state index contributed by atoms with van der Waals surface area (Å²) in [5.41, 5.74) is 2.99. The standard InChI is InChI=1S/C26H27ClF2O5/c27-23-10-18(3-6-24(23)34-22(12-28)13-29)14-32-21-5-4-19-9-17(15-33-25(19)11-21)2-1-16-7-20(8-16)26(30)31/h3-6,9-11,16,20,22H,1-2,7-8,12-15H2,(H,30,31). The summed E-state index contributed by atoms with van der Waals surface area (Å²) in [5.74, 6) is 1.27. The van der Waals surface area contributed by atoms with Crippen molar-refractivity contribution in [3.05, 3.63) is 58.1 Å². The van der Waals surface area contributed by atoms with E-state index in [1.807, 2.05) is 18.2 Å². The molecule has 1 aliphatic carbocycles. The lowest BCUT2D eigenvalue weighted by atomic mass is 9.72. The number of benzene rings is 2. The van der Waals surface area contributed by atoms with Gasteiger partial charge >= 0.3 is 5.97 Å². The van der Waals surface area contributed by atoms with E-state index in [9.17, 15) is 13.6 Å². The Morgan fingerprint density at radius 1 is 1.18 bits per heavy atom. The number of carboxylic acids is 1. The lowest BCUT2D eigenvalue weighted by Crippen LogP contribution is -2.30. The highest BCUT2D eigenvalue weighted by atomic mass is 35.5. The highest BCUT2D eigenvalue weighted by Gasteiger charge is 2.34. The van der Waals surface area contributed by atoms with E-state index in [-0.39, 0.29) is 23.3 Å². The summed E-state index contributed by atoms with van der Waals surface area (Å²) in [6.07, 6.45) is 4.43. The van der Waals surface area contributed by atoms with Crippen LogP contribution < -0.4 is 14.2 Å². The maximum Gasteiger partial charge on any atom is 0.306 e. The first-order chi connectivity index (χ1) is 16.4. The molecule has 1 fully saturated rings. The molecule has 1 heterocycles. The zero-order chi connectivity index (χ0) is 24.1. The topological polar surface area (TPSA) is 65.0 Å². The quantitative estimate of drug-likeness (QED) is 0.400. The largest absolute Gasteiger partial charge is 0.489 e. The van der Waals surface area contributed by atoms with Gasteiger partial charge in [0.05, 0.1) is 10.9 Å². The number of hydrogen-bond donors (Lipinski definition) is 1. The number of fused-ring (bicyclic) bond motifs is 1. The minimum Gasteiger partial charge on any atom is -0.489 e. The van der Waals surface area contributed by atoms with Crippen molar-refractivity contribution in [1.29, 1.82) is 0 Å². The maximum atomic E-state index is 12.7. The molecule has 1 N–H and O–H groups in total. The Morgan fingerprint density at radius 2 is 1.97 bits per heavy atom. The summed E-state index contributed by atoms with van der Waals surface area (Å²) < 4.78 is 42.3. The van der Waals surface area contributed by atoms with Crippen LogP contribution in [0.2, 0.25) is 5.02 Å². The number of ether oxygens (including phenoxy) is 3. The number of halogens is 3. The van der Waals surface area contributed by atoms with Gasteiger partial charge in [0.2, 0.25) is 0 Å². The van der Waals surface area contributed by atoms with Crippen LogP contribution in [0.1, 0.15) is 36.8 Å². The zero-order valence-corrected chi connectivity index (χ0v) is 19.4. The van der Waals surface area contributed by atoms with Crippen LogP contribution in [0.3, 0.4) is 0 Å². The molecule has 4 rings (SSSR count). The van der Waals surface area contributed by atoms with Crippen molar-refractivity contribution in [2.24, 2.45) is 11.8 Å². The number of hydrogen-bond acceptors (Lipinski definition) is 4. The Hall–Kier alpha value is -2.80. The molecule has 182 valence electrons. The van der Waals surface area contributed by atoms with E-state index < -0.39 is 25.4 Å². The fourth-order valence-electron chi connectivity index (χ4n) is 4.17. The van der Waals surface area contributed by atoms with Gasteiger partial charge in [0.1, 0.15) is 43.8 Å². The van der Waals surface area contributed by atoms with Crippen LogP contribution in [0.15, 0.2) is 42.0 Å². The molecular formula is C26H27ClF2O5. The number of rotatable bonds is 11. The molecule has 1 aliphatic heterocycles. The second kappa shape index (κ2) is 11.1. The summed E-state index contributed by atoms with van der Waals surface area (Å²) in [6.45, 7) is -1.08. The first kappa shape index (κ1) is 24.3. The Labute approximate surface area is 202 Å². The van der Waals surface area contributed by atoms with E-state index in [1.165, 1.54) is 5.57 Å². The van der Waals surface area contributed by atoms with Gasteiger partial charge in [-0.25, -0.2) is 8.78 Å². The smallest absolute Gasteiger partial charge is 0.306 e. The van der Waals surface area contributed by atoms with Crippen molar-refractivity contribution in [2.75, 3.05) is 20.0 Å². The van der Waals surface area contributed by atoms with E-state index in [2.05, 4.69) is 6.08 Å². The van der Waals surface area contributed by atoms with E-state index in [1.54, 1.807) is 18.2 Å². The lowest BCUT2D eigenvalue weighted by Gasteiger charge is -2.32. The van der Waals surface area contributed by atoms with Crippen molar-refractivity contribution >= 4 is 23.6 Å². The Balaban J connectivity index is 1.29. The number of carbonyl (C=O) groups is 1. The molecule has 0 amide bonds. The number of carboxylic acid groups (broad SMARTS) is 1. The molecule has 5 nitrogen and oxygen atoms in total. The van der Waals surface area contributed by atoms with E-state index >= 15 is 0 Å². The Bertz CT molecular complexity index is 1050. The van der Waals surface area contributed by atoms with Gasteiger partial charge in [0.25, 0.3) is 0 Å². The first-order valence-corrected chi connectivity index (χ1v) is 11.7. The van der Waals surface area contributed by atoms with Crippen LogP contribution in [0, 0.1) is 11.8 Å². The van der Waals surface area contributed by atoms with E-state index in [0.29, 0.717) is 18.3 Å². The molecule has 8 heteroatoms. The highest BCUT2D eigenvalue weighted by Crippen LogP contribution is 2.39. The fourth-order valence-corrected chi connectivity index (χ4v) is 4.42. The van der Waals surface area contributed by atoms with Crippen molar-refractivity contribution in [2.45, 2.75) is 38.4 Å². The lowest BCUT2D eigenvalue weighted by molar-refractivity contribution is -0.146. The second-order valence-electron chi connectivity index (χ2n) is 8.80.